The number of hydrogen-bond acceptors (Lipinski definition) is 2. The summed E-state index contributed by atoms with van der Waals surface area (Å²) in [5.74, 6) is 0.547. The van der Waals surface area contributed by atoms with Crippen molar-refractivity contribution in [3.63, 3.8) is 0 Å². The molecule has 1 N–H and O–H groups in total. The van der Waals surface area contributed by atoms with E-state index in [1.165, 1.54) is 6.07 Å². The van der Waals surface area contributed by atoms with Crippen LogP contribution in [0.4, 0.5) is 4.39 Å². The van der Waals surface area contributed by atoms with Gasteiger partial charge in [0.1, 0.15) is 11.6 Å². The van der Waals surface area contributed by atoms with Crippen molar-refractivity contribution >= 4 is 0 Å². The summed E-state index contributed by atoms with van der Waals surface area (Å²) in [6, 6.07) is 5.29. The van der Waals surface area contributed by atoms with E-state index in [4.69, 9.17) is 4.74 Å². The molecule has 3 heteroatoms. The van der Waals surface area contributed by atoms with Crippen LogP contribution in [-0.4, -0.2) is 18.7 Å². The summed E-state index contributed by atoms with van der Waals surface area (Å²) in [4.78, 5) is 0. The molecular formula is C14H22FNO. The molecule has 1 rings (SSSR count). The van der Waals surface area contributed by atoms with Crippen molar-refractivity contribution in [2.45, 2.75) is 46.3 Å². The second kappa shape index (κ2) is 6.60. The van der Waals surface area contributed by atoms with E-state index in [1.807, 2.05) is 6.92 Å². The molecule has 0 saturated carbocycles. The predicted octanol–water partition coefficient (Wildman–Crippen LogP) is 3.29. The van der Waals surface area contributed by atoms with Crippen molar-refractivity contribution in [1.29, 1.82) is 0 Å². The second-order valence-electron chi connectivity index (χ2n) is 4.53. The predicted molar refractivity (Wildman–Crippen MR) is 69.0 cm³/mol. The average Bonchev–Trinajstić information content (AvgIpc) is 2.23. The Bertz CT molecular complexity index is 354. The van der Waals surface area contributed by atoms with Gasteiger partial charge in [-0.05, 0) is 57.5 Å². The van der Waals surface area contributed by atoms with E-state index in [0.717, 1.165) is 18.7 Å². The molecule has 0 aromatic heterocycles. The molecule has 2 unspecified atom stereocenters. The van der Waals surface area contributed by atoms with Crippen LogP contribution < -0.4 is 10.1 Å². The van der Waals surface area contributed by atoms with Gasteiger partial charge in [0.25, 0.3) is 0 Å². The summed E-state index contributed by atoms with van der Waals surface area (Å²) < 4.78 is 18.8. The molecule has 0 amide bonds. The molecule has 0 bridgehead atoms. The lowest BCUT2D eigenvalue weighted by Crippen LogP contribution is -2.30. The Balaban J connectivity index is 2.50. The minimum absolute atomic E-state index is 0.119. The van der Waals surface area contributed by atoms with Gasteiger partial charge in [0, 0.05) is 6.04 Å². The van der Waals surface area contributed by atoms with E-state index in [9.17, 15) is 4.39 Å². The second-order valence-corrected chi connectivity index (χ2v) is 4.53. The van der Waals surface area contributed by atoms with Gasteiger partial charge < -0.3 is 10.1 Å². The summed E-state index contributed by atoms with van der Waals surface area (Å²) in [6.45, 7) is 8.97. The van der Waals surface area contributed by atoms with Crippen molar-refractivity contribution in [3.05, 3.63) is 29.6 Å². The van der Waals surface area contributed by atoms with Gasteiger partial charge in [-0.1, -0.05) is 6.92 Å². The molecule has 0 heterocycles. The maximum absolute atomic E-state index is 13.1. The van der Waals surface area contributed by atoms with E-state index in [-0.39, 0.29) is 11.9 Å². The molecule has 0 aliphatic rings. The third kappa shape index (κ3) is 4.73. The fourth-order valence-corrected chi connectivity index (χ4v) is 1.90. The summed E-state index contributed by atoms with van der Waals surface area (Å²) in [5.41, 5.74) is 0.620. The third-order valence-corrected chi connectivity index (χ3v) is 2.70. The molecule has 0 fully saturated rings. The molecule has 2 nitrogen and oxygen atoms in total. The molecule has 0 spiro atoms. The maximum Gasteiger partial charge on any atom is 0.126 e. The van der Waals surface area contributed by atoms with Crippen LogP contribution in [0.2, 0.25) is 0 Å². The highest BCUT2D eigenvalue weighted by Crippen LogP contribution is 2.18. The first kappa shape index (κ1) is 14.0. The Morgan fingerprint density at radius 3 is 2.65 bits per heavy atom. The molecule has 2 atom stereocenters. The van der Waals surface area contributed by atoms with Crippen molar-refractivity contribution in [1.82, 2.24) is 5.32 Å². The lowest BCUT2D eigenvalue weighted by atomic mass is 10.1. The first-order valence-corrected chi connectivity index (χ1v) is 6.19. The quantitative estimate of drug-likeness (QED) is 0.822. The Labute approximate surface area is 103 Å². The highest BCUT2D eigenvalue weighted by atomic mass is 19.1. The minimum atomic E-state index is -0.189. The van der Waals surface area contributed by atoms with Crippen molar-refractivity contribution < 1.29 is 9.13 Å². The van der Waals surface area contributed by atoms with Crippen LogP contribution in [0, 0.1) is 12.7 Å². The molecule has 1 aromatic carbocycles. The van der Waals surface area contributed by atoms with Crippen LogP contribution in [-0.2, 0) is 0 Å². The van der Waals surface area contributed by atoms with Crippen LogP contribution >= 0.6 is 0 Å². The number of hydrogen-bond donors (Lipinski definition) is 1. The number of halogens is 1. The molecule has 17 heavy (non-hydrogen) atoms. The van der Waals surface area contributed by atoms with Gasteiger partial charge in [0.15, 0.2) is 0 Å². The molecule has 0 aliphatic carbocycles. The van der Waals surface area contributed by atoms with Crippen LogP contribution in [0.5, 0.6) is 5.75 Å². The Morgan fingerprint density at radius 1 is 1.35 bits per heavy atom. The number of ether oxygens (including phenoxy) is 1. The molecule has 96 valence electrons. The first-order chi connectivity index (χ1) is 8.02. The normalized spacial score (nSPS) is 14.4. The standard InChI is InChI=1S/C14H22FNO/c1-5-16-11(3)9-12(4)17-13-6-7-14(15)10(2)8-13/h6-8,11-12,16H,5,9H2,1-4H3. The molecule has 0 aliphatic heterocycles. The van der Waals surface area contributed by atoms with Gasteiger partial charge in [-0.2, -0.15) is 0 Å². The fraction of sp³-hybridized carbons (Fsp3) is 0.571. The minimum Gasteiger partial charge on any atom is -0.491 e. The number of nitrogens with one attached hydrogen (secondary N) is 1. The third-order valence-electron chi connectivity index (χ3n) is 2.70. The van der Waals surface area contributed by atoms with Crippen molar-refractivity contribution in [2.75, 3.05) is 6.54 Å². The molecule has 0 saturated heterocycles. The Morgan fingerprint density at radius 2 is 2.06 bits per heavy atom. The zero-order chi connectivity index (χ0) is 12.8. The summed E-state index contributed by atoms with van der Waals surface area (Å²) in [5, 5.41) is 3.34. The average molecular weight is 239 g/mol. The monoisotopic (exact) mass is 239 g/mol. The Hall–Kier alpha value is -1.09. The maximum atomic E-state index is 13.1. The van der Waals surface area contributed by atoms with Gasteiger partial charge in [-0.25, -0.2) is 4.39 Å². The number of rotatable bonds is 6. The number of aryl methyl sites for hydroxylation is 1. The lowest BCUT2D eigenvalue weighted by Gasteiger charge is -2.19. The van der Waals surface area contributed by atoms with Crippen LogP contribution in [0.25, 0.3) is 0 Å². The first-order valence-electron chi connectivity index (χ1n) is 6.19. The zero-order valence-corrected chi connectivity index (χ0v) is 11.1. The van der Waals surface area contributed by atoms with E-state index in [0.29, 0.717) is 11.6 Å². The highest BCUT2D eigenvalue weighted by molar-refractivity contribution is 5.28. The molecule has 1 aromatic rings. The molecule has 0 radical (unpaired) electrons. The smallest absolute Gasteiger partial charge is 0.126 e. The number of benzene rings is 1. The van der Waals surface area contributed by atoms with Gasteiger partial charge in [0.2, 0.25) is 0 Å². The van der Waals surface area contributed by atoms with Crippen LogP contribution in [0.1, 0.15) is 32.8 Å². The van der Waals surface area contributed by atoms with Gasteiger partial charge in [-0.15, -0.1) is 0 Å². The molecular weight excluding hydrogens is 217 g/mol. The van der Waals surface area contributed by atoms with E-state index < -0.39 is 0 Å². The van der Waals surface area contributed by atoms with E-state index >= 15 is 0 Å². The topological polar surface area (TPSA) is 21.3 Å². The largest absolute Gasteiger partial charge is 0.491 e. The zero-order valence-electron chi connectivity index (χ0n) is 11.1. The fourth-order valence-electron chi connectivity index (χ4n) is 1.90. The van der Waals surface area contributed by atoms with Gasteiger partial charge >= 0.3 is 0 Å². The van der Waals surface area contributed by atoms with E-state index in [2.05, 4.69) is 19.2 Å². The van der Waals surface area contributed by atoms with Crippen molar-refractivity contribution in [3.8, 4) is 5.75 Å². The Kier molecular flexibility index (Phi) is 5.42. The van der Waals surface area contributed by atoms with Crippen LogP contribution in [0.15, 0.2) is 18.2 Å². The summed E-state index contributed by atoms with van der Waals surface area (Å²) >= 11 is 0. The lowest BCUT2D eigenvalue weighted by molar-refractivity contribution is 0.196. The SMILES string of the molecule is CCNC(C)CC(C)Oc1ccc(F)c(C)c1. The highest BCUT2D eigenvalue weighted by Gasteiger charge is 2.09. The van der Waals surface area contributed by atoms with Crippen molar-refractivity contribution in [2.24, 2.45) is 0 Å². The van der Waals surface area contributed by atoms with E-state index in [1.54, 1.807) is 19.1 Å². The summed E-state index contributed by atoms with van der Waals surface area (Å²) in [7, 11) is 0. The van der Waals surface area contributed by atoms with Gasteiger partial charge in [0.05, 0.1) is 6.10 Å². The van der Waals surface area contributed by atoms with Gasteiger partial charge in [-0.3, -0.25) is 0 Å². The van der Waals surface area contributed by atoms with Crippen LogP contribution in [0.3, 0.4) is 0 Å². The summed E-state index contributed by atoms with van der Waals surface area (Å²) in [6.07, 6.45) is 1.05.